The van der Waals surface area contributed by atoms with Gasteiger partial charge in [-0.3, -0.25) is 0 Å². The molecule has 1 aromatic heterocycles. The molecule has 178 valence electrons. The van der Waals surface area contributed by atoms with Crippen LogP contribution in [-0.4, -0.2) is 20.0 Å². The van der Waals surface area contributed by atoms with Crippen molar-refractivity contribution in [3.63, 3.8) is 0 Å². The van der Waals surface area contributed by atoms with Crippen molar-refractivity contribution in [2.24, 2.45) is 0 Å². The number of benzene rings is 2. The fraction of sp³-hybridized carbons (Fsp3) is 0.385. The molecule has 0 aliphatic carbocycles. The van der Waals surface area contributed by atoms with E-state index in [2.05, 4.69) is 33.9 Å². The minimum Gasteiger partial charge on any atom is -0.542 e. The predicted octanol–water partition coefficient (Wildman–Crippen LogP) is 7.86. The van der Waals surface area contributed by atoms with Gasteiger partial charge in [-0.05, 0) is 73.1 Å². The van der Waals surface area contributed by atoms with Crippen LogP contribution in [-0.2, 0) is 6.61 Å². The highest BCUT2D eigenvalue weighted by molar-refractivity contribution is 6.74. The Hall–Kier alpha value is -2.44. The van der Waals surface area contributed by atoms with Crippen LogP contribution < -0.4 is 13.9 Å². The molecule has 1 heterocycles. The van der Waals surface area contributed by atoms with Gasteiger partial charge >= 0.3 is 0 Å². The number of rotatable bonds is 8. The van der Waals surface area contributed by atoms with E-state index >= 15 is 0 Å². The van der Waals surface area contributed by atoms with Gasteiger partial charge in [0.1, 0.15) is 29.7 Å². The van der Waals surface area contributed by atoms with E-state index in [1.807, 2.05) is 54.2 Å². The van der Waals surface area contributed by atoms with Crippen molar-refractivity contribution in [3.8, 4) is 17.2 Å². The van der Waals surface area contributed by atoms with Crippen molar-refractivity contribution in [1.82, 2.24) is 4.57 Å². The normalized spacial score (nSPS) is 13.0. The minimum atomic E-state index is -1.96. The van der Waals surface area contributed by atoms with Crippen molar-refractivity contribution in [2.45, 2.75) is 58.5 Å². The topological polar surface area (TPSA) is 32.6 Å². The molecule has 0 bridgehead atoms. The number of ether oxygens (including phenoxy) is 2. The molecule has 3 rings (SSSR count). The Morgan fingerprint density at radius 2 is 1.67 bits per heavy atom. The fourth-order valence-electron chi connectivity index (χ4n) is 3.28. The van der Waals surface area contributed by atoms with Crippen molar-refractivity contribution in [3.05, 3.63) is 76.8 Å². The summed E-state index contributed by atoms with van der Waals surface area (Å²) in [5, 5.41) is 0.443. The minimum absolute atomic E-state index is 0.1000. The second kappa shape index (κ2) is 9.81. The molecule has 3 aromatic rings. The van der Waals surface area contributed by atoms with Crippen molar-refractivity contribution in [1.29, 1.82) is 0 Å². The van der Waals surface area contributed by atoms with Crippen LogP contribution >= 0.6 is 11.6 Å². The predicted molar refractivity (Wildman–Crippen MR) is 135 cm³/mol. The molecule has 4 nitrogen and oxygen atoms in total. The maximum Gasteiger partial charge on any atom is 0.250 e. The summed E-state index contributed by atoms with van der Waals surface area (Å²) in [4.78, 5) is 0. The van der Waals surface area contributed by atoms with Crippen LogP contribution in [0.4, 0.5) is 4.39 Å². The molecular weight excluding hydrogens is 457 g/mol. The van der Waals surface area contributed by atoms with Gasteiger partial charge in [-0.1, -0.05) is 32.4 Å². The molecule has 0 N–H and O–H groups in total. The molecule has 0 amide bonds. The van der Waals surface area contributed by atoms with Gasteiger partial charge < -0.3 is 18.5 Å². The second-order valence-electron chi connectivity index (χ2n) is 9.75. The van der Waals surface area contributed by atoms with E-state index in [0.29, 0.717) is 10.8 Å². The quantitative estimate of drug-likeness (QED) is 0.302. The maximum atomic E-state index is 14.3. The first-order chi connectivity index (χ1) is 15.4. The Balaban J connectivity index is 1.84. The Kier molecular flexibility index (Phi) is 7.49. The van der Waals surface area contributed by atoms with Gasteiger partial charge in [0.15, 0.2) is 0 Å². The smallest absolute Gasteiger partial charge is 0.250 e. The van der Waals surface area contributed by atoms with Gasteiger partial charge in [0.05, 0.1) is 18.2 Å². The van der Waals surface area contributed by atoms with Crippen LogP contribution in [0, 0.1) is 5.82 Å². The van der Waals surface area contributed by atoms with Crippen molar-refractivity contribution in [2.75, 3.05) is 7.11 Å². The number of nitrogens with zero attached hydrogens (tertiary/aromatic N) is 1. The zero-order valence-corrected chi connectivity index (χ0v) is 22.2. The van der Waals surface area contributed by atoms with Crippen LogP contribution in [0.5, 0.6) is 17.2 Å². The van der Waals surface area contributed by atoms with E-state index in [0.717, 1.165) is 22.6 Å². The third-order valence-electron chi connectivity index (χ3n) is 6.40. The molecule has 7 heteroatoms. The number of hydrogen-bond donors (Lipinski definition) is 0. The summed E-state index contributed by atoms with van der Waals surface area (Å²) in [7, 11) is -0.339. The molecule has 0 radical (unpaired) electrons. The molecule has 0 unspecified atom stereocenters. The zero-order chi connectivity index (χ0) is 24.4. The highest BCUT2D eigenvalue weighted by Gasteiger charge is 2.39. The zero-order valence-electron chi connectivity index (χ0n) is 20.4. The first kappa shape index (κ1) is 25.2. The summed E-state index contributed by atoms with van der Waals surface area (Å²) in [6, 6.07) is 12.0. The van der Waals surface area contributed by atoms with Gasteiger partial charge in [-0.15, -0.1) is 0 Å². The van der Waals surface area contributed by atoms with Crippen LogP contribution in [0.25, 0.3) is 0 Å². The summed E-state index contributed by atoms with van der Waals surface area (Å²) in [5.74, 6) is 1.88. The Morgan fingerprint density at radius 1 is 1.03 bits per heavy atom. The number of aromatic nitrogens is 1. The van der Waals surface area contributed by atoms with E-state index in [-0.39, 0.29) is 23.5 Å². The molecule has 1 atom stereocenters. The fourth-order valence-corrected chi connectivity index (χ4v) is 4.56. The van der Waals surface area contributed by atoms with Crippen LogP contribution in [0.15, 0.2) is 54.9 Å². The second-order valence-corrected chi connectivity index (χ2v) is 14.9. The Labute approximate surface area is 202 Å². The molecule has 0 saturated heterocycles. The van der Waals surface area contributed by atoms with E-state index < -0.39 is 8.32 Å². The Morgan fingerprint density at radius 3 is 2.27 bits per heavy atom. The molecule has 33 heavy (non-hydrogen) atoms. The van der Waals surface area contributed by atoms with Gasteiger partial charge in [0.25, 0.3) is 8.32 Å². The maximum absolute atomic E-state index is 14.3. The summed E-state index contributed by atoms with van der Waals surface area (Å²) in [6.45, 7) is 13.3. The SMILES string of the molecule is COc1ccc(OCc2c(Cl)cc(F)cc2[C@H](C)n2ccc(O[Si](C)(C)C(C)(C)C)c2)cc1. The van der Waals surface area contributed by atoms with Gasteiger partial charge in [-0.25, -0.2) is 4.39 Å². The number of halogens is 2. The molecule has 0 aliphatic heterocycles. The van der Waals surface area contributed by atoms with Gasteiger partial charge in [0, 0.05) is 18.0 Å². The summed E-state index contributed by atoms with van der Waals surface area (Å²) in [6.07, 6.45) is 3.93. The Bertz CT molecular complexity index is 1090. The number of hydrogen-bond acceptors (Lipinski definition) is 3. The van der Waals surface area contributed by atoms with E-state index in [9.17, 15) is 4.39 Å². The van der Waals surface area contributed by atoms with Crippen molar-refractivity contribution < 1.29 is 18.3 Å². The molecule has 2 aromatic carbocycles. The average molecular weight is 490 g/mol. The van der Waals surface area contributed by atoms with Crippen molar-refractivity contribution >= 4 is 19.9 Å². The lowest BCUT2D eigenvalue weighted by atomic mass is 10.0. The molecular formula is C26H33ClFNO3Si. The first-order valence-corrected chi connectivity index (χ1v) is 14.3. The van der Waals surface area contributed by atoms with Crippen LogP contribution in [0.2, 0.25) is 23.2 Å². The lowest BCUT2D eigenvalue weighted by molar-refractivity contribution is 0.303. The third-order valence-corrected chi connectivity index (χ3v) is 11.1. The highest BCUT2D eigenvalue weighted by Crippen LogP contribution is 2.38. The number of methoxy groups -OCH3 is 1. The molecule has 0 spiro atoms. The van der Waals surface area contributed by atoms with Gasteiger partial charge in [-0.2, -0.15) is 0 Å². The highest BCUT2D eigenvalue weighted by atomic mass is 35.5. The van der Waals surface area contributed by atoms with E-state index in [1.54, 1.807) is 7.11 Å². The largest absolute Gasteiger partial charge is 0.542 e. The van der Waals surface area contributed by atoms with Crippen LogP contribution in [0.3, 0.4) is 0 Å². The third kappa shape index (κ3) is 5.92. The lowest BCUT2D eigenvalue weighted by Gasteiger charge is -2.36. The average Bonchev–Trinajstić information content (AvgIpc) is 3.19. The first-order valence-electron chi connectivity index (χ1n) is 11.0. The lowest BCUT2D eigenvalue weighted by Crippen LogP contribution is -2.43. The summed E-state index contributed by atoms with van der Waals surface area (Å²) < 4.78 is 33.9. The van der Waals surface area contributed by atoms with E-state index in [1.165, 1.54) is 12.1 Å². The summed E-state index contributed by atoms with van der Waals surface area (Å²) in [5.41, 5.74) is 1.52. The molecule has 0 aliphatic rings. The monoisotopic (exact) mass is 489 g/mol. The van der Waals surface area contributed by atoms with Crippen LogP contribution in [0.1, 0.15) is 44.9 Å². The summed E-state index contributed by atoms with van der Waals surface area (Å²) >= 11 is 6.45. The molecule has 0 fully saturated rings. The van der Waals surface area contributed by atoms with Gasteiger partial charge in [0.2, 0.25) is 0 Å². The standard InChI is InChI=1S/C26H33ClFNO3Si/c1-18(29-13-12-22(16-29)32-33(6,7)26(2,3)4)23-14-19(28)15-25(27)24(23)17-31-21-10-8-20(30-5)9-11-21/h8-16,18H,17H2,1-7H3/t18-/m0/s1. The molecule has 0 saturated carbocycles. The van der Waals surface area contributed by atoms with E-state index in [4.69, 9.17) is 25.5 Å².